The molecule has 2 nitrogen and oxygen atoms in total. The molecule has 0 bridgehead atoms. The quantitative estimate of drug-likeness (QED) is 0.710. The first-order valence-electron chi connectivity index (χ1n) is 5.45. The lowest BCUT2D eigenvalue weighted by atomic mass is 9.73. The predicted molar refractivity (Wildman–Crippen MR) is 58.2 cm³/mol. The molecule has 1 aliphatic rings. The van der Waals surface area contributed by atoms with Crippen molar-refractivity contribution in [3.05, 3.63) is 35.9 Å². The summed E-state index contributed by atoms with van der Waals surface area (Å²) in [6, 6.07) is 12.0. The minimum Gasteiger partial charge on any atom is -0.375 e. The molecule has 2 heteroatoms. The van der Waals surface area contributed by atoms with E-state index in [-0.39, 0.29) is 5.92 Å². The summed E-state index contributed by atoms with van der Waals surface area (Å²) in [7, 11) is 0. The van der Waals surface area contributed by atoms with Crippen LogP contribution >= 0.6 is 0 Å². The van der Waals surface area contributed by atoms with Gasteiger partial charge in [0.1, 0.15) is 0 Å². The minimum absolute atomic E-state index is 0.0163. The maximum absolute atomic E-state index is 10.2. The van der Waals surface area contributed by atoms with Gasteiger partial charge >= 0.3 is 0 Å². The van der Waals surface area contributed by atoms with E-state index in [1.807, 2.05) is 30.3 Å². The molecule has 1 fully saturated rings. The van der Waals surface area contributed by atoms with Crippen LogP contribution in [0.25, 0.3) is 0 Å². The van der Waals surface area contributed by atoms with Gasteiger partial charge in [-0.2, -0.15) is 5.26 Å². The molecule has 1 N–H and O–H groups in total. The summed E-state index contributed by atoms with van der Waals surface area (Å²) >= 11 is 0. The van der Waals surface area contributed by atoms with E-state index in [1.54, 1.807) is 0 Å². The minimum atomic E-state index is -1.15. The summed E-state index contributed by atoms with van der Waals surface area (Å²) in [6.07, 6.45) is 3.56. The third-order valence-electron chi connectivity index (χ3n) is 3.27. The zero-order valence-electron chi connectivity index (χ0n) is 8.69. The summed E-state index contributed by atoms with van der Waals surface area (Å²) in [6.45, 7) is 0. The van der Waals surface area contributed by atoms with E-state index in [2.05, 4.69) is 6.07 Å². The van der Waals surface area contributed by atoms with Gasteiger partial charge in [0.2, 0.25) is 0 Å². The molecule has 0 heterocycles. The Morgan fingerprint density at radius 2 is 2.00 bits per heavy atom. The molecule has 1 aromatic rings. The van der Waals surface area contributed by atoms with Crippen LogP contribution in [0, 0.1) is 11.3 Å². The molecule has 1 aromatic carbocycles. The smallest absolute Gasteiger partial charge is 0.157 e. The summed E-state index contributed by atoms with van der Waals surface area (Å²) in [5, 5.41) is 19.3. The van der Waals surface area contributed by atoms with E-state index < -0.39 is 5.60 Å². The average Bonchev–Trinajstić information content (AvgIpc) is 2.31. The van der Waals surface area contributed by atoms with Crippen LogP contribution in [0.5, 0.6) is 0 Å². The Balaban J connectivity index is 2.31. The summed E-state index contributed by atoms with van der Waals surface area (Å²) < 4.78 is 0. The Morgan fingerprint density at radius 3 is 2.67 bits per heavy atom. The Morgan fingerprint density at radius 1 is 1.27 bits per heavy atom. The van der Waals surface area contributed by atoms with Gasteiger partial charge in [-0.15, -0.1) is 0 Å². The van der Waals surface area contributed by atoms with Gasteiger partial charge in [-0.3, -0.25) is 0 Å². The maximum Gasteiger partial charge on any atom is 0.157 e. The van der Waals surface area contributed by atoms with E-state index in [0.29, 0.717) is 6.42 Å². The predicted octanol–water partition coefficient (Wildman–Crippen LogP) is 2.60. The molecule has 2 atom stereocenters. The molecule has 0 radical (unpaired) electrons. The molecule has 78 valence electrons. The highest BCUT2D eigenvalue weighted by Crippen LogP contribution is 2.40. The number of benzene rings is 1. The van der Waals surface area contributed by atoms with Crippen LogP contribution in [-0.2, 0) is 0 Å². The van der Waals surface area contributed by atoms with Crippen LogP contribution in [0.3, 0.4) is 0 Å². The molecule has 0 amide bonds. The largest absolute Gasteiger partial charge is 0.375 e. The summed E-state index contributed by atoms with van der Waals surface area (Å²) in [4.78, 5) is 0. The fraction of sp³-hybridized carbons (Fsp3) is 0.462. The van der Waals surface area contributed by atoms with Gasteiger partial charge in [0.25, 0.3) is 0 Å². The van der Waals surface area contributed by atoms with Gasteiger partial charge in [0.05, 0.1) is 6.07 Å². The van der Waals surface area contributed by atoms with Gasteiger partial charge in [0, 0.05) is 5.92 Å². The lowest BCUT2D eigenvalue weighted by Gasteiger charge is -2.34. The Kier molecular flexibility index (Phi) is 2.75. The molecule has 0 saturated heterocycles. The molecule has 1 aliphatic carbocycles. The molecular formula is C13H15NO. The number of nitrogens with zero attached hydrogens (tertiary/aromatic N) is 1. The number of hydrogen-bond donors (Lipinski definition) is 1. The lowest BCUT2D eigenvalue weighted by molar-refractivity contribution is 0.0361. The fourth-order valence-corrected chi connectivity index (χ4v) is 2.42. The van der Waals surface area contributed by atoms with Crippen LogP contribution in [0.4, 0.5) is 0 Å². The van der Waals surface area contributed by atoms with Gasteiger partial charge in [-0.05, 0) is 24.8 Å². The molecule has 0 aliphatic heterocycles. The molecule has 0 aromatic heterocycles. The zero-order chi connectivity index (χ0) is 10.7. The number of rotatable bonds is 1. The molecule has 2 unspecified atom stereocenters. The highest BCUT2D eigenvalue weighted by atomic mass is 16.3. The van der Waals surface area contributed by atoms with Crippen LogP contribution in [0.15, 0.2) is 30.3 Å². The van der Waals surface area contributed by atoms with Crippen LogP contribution in [0.2, 0.25) is 0 Å². The van der Waals surface area contributed by atoms with E-state index in [4.69, 9.17) is 5.26 Å². The average molecular weight is 201 g/mol. The highest BCUT2D eigenvalue weighted by Gasteiger charge is 2.39. The second-order valence-electron chi connectivity index (χ2n) is 4.25. The summed E-state index contributed by atoms with van der Waals surface area (Å²) in [5.41, 5.74) is -0.0687. The van der Waals surface area contributed by atoms with Gasteiger partial charge in [-0.1, -0.05) is 36.8 Å². The first-order valence-corrected chi connectivity index (χ1v) is 5.45. The van der Waals surface area contributed by atoms with Crippen molar-refractivity contribution in [3.63, 3.8) is 0 Å². The van der Waals surface area contributed by atoms with Crippen molar-refractivity contribution in [1.82, 2.24) is 0 Å². The zero-order valence-corrected chi connectivity index (χ0v) is 8.69. The third-order valence-corrected chi connectivity index (χ3v) is 3.27. The van der Waals surface area contributed by atoms with E-state index >= 15 is 0 Å². The van der Waals surface area contributed by atoms with Crippen molar-refractivity contribution in [2.45, 2.75) is 37.2 Å². The summed E-state index contributed by atoms with van der Waals surface area (Å²) in [5.74, 6) is -0.0163. The SMILES string of the molecule is N#CC1(O)CCCCC1c1ccccc1. The highest BCUT2D eigenvalue weighted by molar-refractivity contribution is 5.27. The van der Waals surface area contributed by atoms with Gasteiger partial charge in [0.15, 0.2) is 5.60 Å². The number of aliphatic hydroxyl groups is 1. The number of nitriles is 1. The van der Waals surface area contributed by atoms with Crippen molar-refractivity contribution >= 4 is 0 Å². The normalized spacial score (nSPS) is 30.8. The molecule has 1 saturated carbocycles. The number of hydrogen-bond acceptors (Lipinski definition) is 2. The standard InChI is InChI=1S/C13H15NO/c14-10-13(15)9-5-4-8-12(13)11-6-2-1-3-7-11/h1-3,6-7,12,15H,4-5,8-9H2. The molecule has 15 heavy (non-hydrogen) atoms. The van der Waals surface area contributed by atoms with E-state index in [1.165, 1.54) is 0 Å². The first-order chi connectivity index (χ1) is 7.26. The topological polar surface area (TPSA) is 44.0 Å². The lowest BCUT2D eigenvalue weighted by Crippen LogP contribution is -2.37. The van der Waals surface area contributed by atoms with Crippen LogP contribution < -0.4 is 0 Å². The molecule has 0 spiro atoms. The third kappa shape index (κ3) is 1.88. The molecule has 2 rings (SSSR count). The fourth-order valence-electron chi connectivity index (χ4n) is 2.42. The Bertz CT molecular complexity index is 368. The second-order valence-corrected chi connectivity index (χ2v) is 4.25. The van der Waals surface area contributed by atoms with Crippen molar-refractivity contribution in [2.24, 2.45) is 0 Å². The second kappa shape index (κ2) is 4.04. The van der Waals surface area contributed by atoms with Crippen molar-refractivity contribution in [3.8, 4) is 6.07 Å². The van der Waals surface area contributed by atoms with E-state index in [9.17, 15) is 5.11 Å². The monoisotopic (exact) mass is 201 g/mol. The Hall–Kier alpha value is -1.33. The van der Waals surface area contributed by atoms with Crippen molar-refractivity contribution in [1.29, 1.82) is 5.26 Å². The first kappa shape index (κ1) is 10.2. The maximum atomic E-state index is 10.2. The van der Waals surface area contributed by atoms with Crippen molar-refractivity contribution in [2.75, 3.05) is 0 Å². The van der Waals surface area contributed by atoms with Crippen LogP contribution in [-0.4, -0.2) is 10.7 Å². The van der Waals surface area contributed by atoms with E-state index in [0.717, 1.165) is 24.8 Å². The van der Waals surface area contributed by atoms with Gasteiger partial charge in [-0.25, -0.2) is 0 Å². The van der Waals surface area contributed by atoms with Gasteiger partial charge < -0.3 is 5.11 Å². The molecular weight excluding hydrogens is 186 g/mol. The Labute approximate surface area is 90.2 Å². The van der Waals surface area contributed by atoms with Crippen molar-refractivity contribution < 1.29 is 5.11 Å². The van der Waals surface area contributed by atoms with Crippen LogP contribution in [0.1, 0.15) is 37.2 Å².